The number of hydrogen-bond acceptors (Lipinski definition) is 3. The van der Waals surface area contributed by atoms with Crippen molar-refractivity contribution in [2.45, 2.75) is 6.42 Å². The number of carbonyl (C=O) groups excluding carboxylic acids is 1. The van der Waals surface area contributed by atoms with Crippen molar-refractivity contribution < 1.29 is 19.4 Å². The molecule has 0 aliphatic carbocycles. The number of rotatable bonds is 2. The largest absolute Gasteiger partial charge is 0.505 e. The van der Waals surface area contributed by atoms with Crippen molar-refractivity contribution in [1.82, 2.24) is 0 Å². The Bertz CT molecular complexity index is 422. The molecule has 2 N–H and O–H groups in total. The monoisotopic (exact) mass is 225 g/mol. The zero-order valence-electron chi connectivity index (χ0n) is 8.56. The van der Waals surface area contributed by atoms with Crippen LogP contribution in [0.1, 0.15) is 6.42 Å². The molecule has 16 heavy (non-hydrogen) atoms. The van der Waals surface area contributed by atoms with E-state index in [-0.39, 0.29) is 24.9 Å². The minimum atomic E-state index is -0.752. The Morgan fingerprint density at radius 1 is 1.50 bits per heavy atom. The smallest absolute Gasteiger partial charge is 0.227 e. The normalized spacial score (nSPS) is 20.5. The molecule has 1 aliphatic rings. The molecule has 4 nitrogen and oxygen atoms in total. The van der Waals surface area contributed by atoms with E-state index in [0.717, 1.165) is 6.07 Å². The Hall–Kier alpha value is -1.62. The summed E-state index contributed by atoms with van der Waals surface area (Å²) in [5, 5.41) is 18.0. The van der Waals surface area contributed by atoms with Gasteiger partial charge in [0.1, 0.15) is 0 Å². The number of aliphatic hydroxyl groups excluding tert-OH is 1. The zero-order valence-corrected chi connectivity index (χ0v) is 8.56. The highest BCUT2D eigenvalue weighted by molar-refractivity contribution is 5.95. The van der Waals surface area contributed by atoms with Crippen molar-refractivity contribution in [2.24, 2.45) is 5.92 Å². The summed E-state index contributed by atoms with van der Waals surface area (Å²) in [4.78, 5) is 13.0. The number of halogens is 1. The minimum Gasteiger partial charge on any atom is -0.505 e. The van der Waals surface area contributed by atoms with Crippen molar-refractivity contribution in [3.8, 4) is 5.75 Å². The van der Waals surface area contributed by atoms with Gasteiger partial charge >= 0.3 is 0 Å². The molecule has 0 saturated carbocycles. The third-order valence-corrected chi connectivity index (χ3v) is 2.71. The number of hydrogen-bond donors (Lipinski definition) is 2. The summed E-state index contributed by atoms with van der Waals surface area (Å²) in [7, 11) is 0. The van der Waals surface area contributed by atoms with Crippen LogP contribution < -0.4 is 4.90 Å². The SMILES string of the molecule is O=C1CC(CO)CN1c1ccc(O)c(F)c1. The lowest BCUT2D eigenvalue weighted by Gasteiger charge is -2.16. The third-order valence-electron chi connectivity index (χ3n) is 2.71. The van der Waals surface area contributed by atoms with Crippen LogP contribution in [0, 0.1) is 11.7 Å². The van der Waals surface area contributed by atoms with Gasteiger partial charge in [0.15, 0.2) is 11.6 Å². The van der Waals surface area contributed by atoms with Crippen molar-refractivity contribution in [3.05, 3.63) is 24.0 Å². The molecule has 86 valence electrons. The number of carbonyl (C=O) groups is 1. The average Bonchev–Trinajstić information content (AvgIpc) is 2.64. The van der Waals surface area contributed by atoms with Crippen molar-refractivity contribution in [1.29, 1.82) is 0 Å². The highest BCUT2D eigenvalue weighted by atomic mass is 19.1. The molecule has 1 amide bonds. The topological polar surface area (TPSA) is 60.8 Å². The van der Waals surface area contributed by atoms with Crippen LogP contribution in [0.5, 0.6) is 5.75 Å². The van der Waals surface area contributed by atoms with E-state index in [9.17, 15) is 9.18 Å². The van der Waals surface area contributed by atoms with Crippen LogP contribution in [0.25, 0.3) is 0 Å². The maximum Gasteiger partial charge on any atom is 0.227 e. The number of anilines is 1. The molecule has 1 aromatic rings. The van der Waals surface area contributed by atoms with Crippen LogP contribution >= 0.6 is 0 Å². The molecule has 0 bridgehead atoms. The maximum absolute atomic E-state index is 13.1. The Morgan fingerprint density at radius 3 is 2.81 bits per heavy atom. The summed E-state index contributed by atoms with van der Waals surface area (Å²) in [6.07, 6.45) is 0.277. The van der Waals surface area contributed by atoms with E-state index in [2.05, 4.69) is 0 Å². The second kappa shape index (κ2) is 4.09. The zero-order chi connectivity index (χ0) is 11.7. The number of benzene rings is 1. The number of aliphatic hydroxyl groups is 1. The highest BCUT2D eigenvalue weighted by Gasteiger charge is 2.30. The van der Waals surface area contributed by atoms with Crippen LogP contribution in [-0.4, -0.2) is 29.3 Å². The van der Waals surface area contributed by atoms with Gasteiger partial charge < -0.3 is 15.1 Å². The van der Waals surface area contributed by atoms with Gasteiger partial charge in [-0.15, -0.1) is 0 Å². The quantitative estimate of drug-likeness (QED) is 0.785. The summed E-state index contributed by atoms with van der Waals surface area (Å²) in [5.74, 6) is -1.42. The van der Waals surface area contributed by atoms with Gasteiger partial charge in [-0.1, -0.05) is 0 Å². The lowest BCUT2D eigenvalue weighted by Crippen LogP contribution is -2.24. The number of amides is 1. The fraction of sp³-hybridized carbons (Fsp3) is 0.364. The van der Waals surface area contributed by atoms with Gasteiger partial charge in [0, 0.05) is 37.2 Å². The van der Waals surface area contributed by atoms with Crippen LogP contribution in [0.3, 0.4) is 0 Å². The number of nitrogens with zero attached hydrogens (tertiary/aromatic N) is 1. The van der Waals surface area contributed by atoms with Gasteiger partial charge in [-0.3, -0.25) is 4.79 Å². The molecule has 1 unspecified atom stereocenters. The van der Waals surface area contributed by atoms with E-state index in [1.54, 1.807) is 0 Å². The second-order valence-corrected chi connectivity index (χ2v) is 3.89. The van der Waals surface area contributed by atoms with Crippen molar-refractivity contribution in [2.75, 3.05) is 18.1 Å². The minimum absolute atomic E-state index is 0.0528. The molecule has 1 aromatic carbocycles. The van der Waals surface area contributed by atoms with Crippen molar-refractivity contribution in [3.63, 3.8) is 0 Å². The standard InChI is InChI=1S/C11H12FNO3/c12-9-4-8(1-2-10(9)15)13-5-7(6-14)3-11(13)16/h1-2,4,7,14-15H,3,5-6H2. The Labute approximate surface area is 91.9 Å². The third kappa shape index (κ3) is 1.86. The maximum atomic E-state index is 13.1. The summed E-state index contributed by atoms with van der Waals surface area (Å²) in [6, 6.07) is 3.81. The summed E-state index contributed by atoms with van der Waals surface area (Å²) in [5.41, 5.74) is 0.413. The molecule has 2 rings (SSSR count). The number of aromatic hydroxyl groups is 1. The molecule has 5 heteroatoms. The number of phenols is 1. The predicted molar refractivity (Wildman–Crippen MR) is 55.6 cm³/mol. The Kier molecular flexibility index (Phi) is 2.78. The van der Waals surface area contributed by atoms with E-state index in [1.807, 2.05) is 0 Å². The highest BCUT2D eigenvalue weighted by Crippen LogP contribution is 2.28. The first kappa shape index (κ1) is 10.9. The molecule has 1 atom stereocenters. The predicted octanol–water partition coefficient (Wildman–Crippen LogP) is 0.876. The molecule has 1 fully saturated rings. The van der Waals surface area contributed by atoms with Crippen LogP contribution in [0.15, 0.2) is 18.2 Å². The fourth-order valence-corrected chi connectivity index (χ4v) is 1.82. The molecular formula is C11H12FNO3. The fourth-order valence-electron chi connectivity index (χ4n) is 1.82. The summed E-state index contributed by atoms with van der Waals surface area (Å²) >= 11 is 0. The van der Waals surface area contributed by atoms with E-state index in [0.29, 0.717) is 12.2 Å². The second-order valence-electron chi connectivity index (χ2n) is 3.89. The lowest BCUT2D eigenvalue weighted by atomic mass is 10.1. The molecule has 0 aromatic heterocycles. The van der Waals surface area contributed by atoms with Gasteiger partial charge in [0.25, 0.3) is 0 Å². The average molecular weight is 225 g/mol. The van der Waals surface area contributed by atoms with Gasteiger partial charge in [-0.25, -0.2) is 4.39 Å². The summed E-state index contributed by atoms with van der Waals surface area (Å²) < 4.78 is 13.1. The first-order valence-electron chi connectivity index (χ1n) is 5.01. The van der Waals surface area contributed by atoms with Crippen molar-refractivity contribution >= 4 is 11.6 Å². The molecular weight excluding hydrogens is 213 g/mol. The van der Waals surface area contributed by atoms with Crippen LogP contribution in [0.2, 0.25) is 0 Å². The van der Waals surface area contributed by atoms with Gasteiger partial charge in [0.2, 0.25) is 5.91 Å². The molecule has 0 radical (unpaired) electrons. The van der Waals surface area contributed by atoms with Crippen LogP contribution in [0.4, 0.5) is 10.1 Å². The van der Waals surface area contributed by atoms with E-state index < -0.39 is 11.6 Å². The van der Waals surface area contributed by atoms with Gasteiger partial charge in [-0.2, -0.15) is 0 Å². The lowest BCUT2D eigenvalue weighted by molar-refractivity contribution is -0.117. The van der Waals surface area contributed by atoms with E-state index >= 15 is 0 Å². The number of phenolic OH excluding ortho intramolecular Hbond substituents is 1. The Morgan fingerprint density at radius 2 is 2.25 bits per heavy atom. The molecule has 1 saturated heterocycles. The van der Waals surface area contributed by atoms with Gasteiger partial charge in [-0.05, 0) is 12.1 Å². The first-order chi connectivity index (χ1) is 7.61. The molecule has 1 heterocycles. The van der Waals surface area contributed by atoms with Crippen LogP contribution in [-0.2, 0) is 4.79 Å². The van der Waals surface area contributed by atoms with Gasteiger partial charge in [0.05, 0.1) is 0 Å². The van der Waals surface area contributed by atoms with E-state index in [1.165, 1.54) is 17.0 Å². The van der Waals surface area contributed by atoms with E-state index in [4.69, 9.17) is 10.2 Å². The summed E-state index contributed by atoms with van der Waals surface area (Å²) in [6.45, 7) is 0.336. The molecule has 0 spiro atoms. The Balaban J connectivity index is 2.24. The first-order valence-corrected chi connectivity index (χ1v) is 5.01. The molecule has 1 aliphatic heterocycles.